The standard InChI is InChI=1S/C13H14BrIN2O2/c1-13(2,3)19-11(18)7-17-10-6-8(14)4-5-9(10)12(15)16-17/h4-6H,7H2,1-3H3. The second kappa shape index (κ2) is 5.40. The van der Waals surface area contributed by atoms with Crippen LogP contribution in [0.1, 0.15) is 20.8 Å². The molecule has 0 N–H and O–H groups in total. The number of ether oxygens (including phenoxy) is 1. The fourth-order valence-corrected chi connectivity index (χ4v) is 2.79. The van der Waals surface area contributed by atoms with Crippen molar-refractivity contribution in [2.24, 2.45) is 0 Å². The third-order valence-electron chi connectivity index (χ3n) is 2.37. The van der Waals surface area contributed by atoms with Crippen molar-refractivity contribution in [3.8, 4) is 0 Å². The van der Waals surface area contributed by atoms with Crippen LogP contribution in [0.25, 0.3) is 10.9 Å². The molecule has 2 rings (SSSR count). The van der Waals surface area contributed by atoms with Crippen LogP contribution in [0.2, 0.25) is 0 Å². The van der Waals surface area contributed by atoms with Gasteiger partial charge < -0.3 is 4.74 Å². The number of aromatic nitrogens is 2. The molecule has 0 aliphatic rings. The lowest BCUT2D eigenvalue weighted by Crippen LogP contribution is -2.26. The highest BCUT2D eigenvalue weighted by Gasteiger charge is 2.18. The molecular formula is C13H14BrIN2O2. The third kappa shape index (κ3) is 3.68. The van der Waals surface area contributed by atoms with Crippen LogP contribution < -0.4 is 0 Å². The molecule has 0 amide bonds. The Balaban J connectivity index is 2.31. The number of fused-ring (bicyclic) bond motifs is 1. The summed E-state index contributed by atoms with van der Waals surface area (Å²) in [6.45, 7) is 5.68. The van der Waals surface area contributed by atoms with Crippen LogP contribution >= 0.6 is 38.5 Å². The second-order valence-corrected chi connectivity index (χ2v) is 7.13. The Kier molecular flexibility index (Phi) is 4.20. The van der Waals surface area contributed by atoms with Gasteiger partial charge in [-0.1, -0.05) is 15.9 Å². The van der Waals surface area contributed by atoms with Gasteiger partial charge in [0.1, 0.15) is 15.8 Å². The average molecular weight is 437 g/mol. The highest BCUT2D eigenvalue weighted by atomic mass is 127. The molecular weight excluding hydrogens is 423 g/mol. The van der Waals surface area contributed by atoms with Gasteiger partial charge >= 0.3 is 5.97 Å². The maximum atomic E-state index is 11.9. The molecule has 102 valence electrons. The lowest BCUT2D eigenvalue weighted by atomic mass is 10.2. The quantitative estimate of drug-likeness (QED) is 0.532. The number of nitrogens with zero attached hydrogens (tertiary/aromatic N) is 2. The van der Waals surface area contributed by atoms with Gasteiger partial charge in [-0.3, -0.25) is 9.48 Å². The summed E-state index contributed by atoms with van der Waals surface area (Å²) in [5.41, 5.74) is 0.443. The SMILES string of the molecule is CC(C)(C)OC(=O)Cn1nc(I)c2ccc(Br)cc21. The predicted octanol–water partition coefficient (Wildman–Crippen LogP) is 3.75. The number of halogens is 2. The van der Waals surface area contributed by atoms with Crippen LogP contribution in [-0.4, -0.2) is 21.4 Å². The zero-order valence-corrected chi connectivity index (χ0v) is 14.6. The molecule has 2 aromatic rings. The molecule has 1 aromatic carbocycles. The van der Waals surface area contributed by atoms with E-state index in [9.17, 15) is 4.79 Å². The minimum Gasteiger partial charge on any atom is -0.459 e. The molecule has 0 atom stereocenters. The fraction of sp³-hybridized carbons (Fsp3) is 0.385. The zero-order valence-electron chi connectivity index (χ0n) is 10.9. The minimum absolute atomic E-state index is 0.118. The van der Waals surface area contributed by atoms with Crippen LogP contribution in [0.3, 0.4) is 0 Å². The molecule has 1 heterocycles. The number of hydrogen-bond donors (Lipinski definition) is 0. The Morgan fingerprint density at radius 3 is 2.79 bits per heavy atom. The molecule has 6 heteroatoms. The van der Waals surface area contributed by atoms with Crippen molar-refractivity contribution < 1.29 is 9.53 Å². The van der Waals surface area contributed by atoms with Gasteiger partial charge in [0.25, 0.3) is 0 Å². The number of carbonyl (C=O) groups is 1. The fourth-order valence-electron chi connectivity index (χ4n) is 1.72. The highest BCUT2D eigenvalue weighted by molar-refractivity contribution is 14.1. The maximum absolute atomic E-state index is 11.9. The summed E-state index contributed by atoms with van der Waals surface area (Å²) < 4.78 is 8.83. The Labute approximate surface area is 133 Å². The number of rotatable bonds is 2. The lowest BCUT2D eigenvalue weighted by molar-refractivity contribution is -0.155. The molecule has 0 aliphatic carbocycles. The first kappa shape index (κ1) is 14.8. The summed E-state index contributed by atoms with van der Waals surface area (Å²) >= 11 is 5.60. The van der Waals surface area contributed by atoms with E-state index in [4.69, 9.17) is 4.74 Å². The van der Waals surface area contributed by atoms with Crippen molar-refractivity contribution in [1.29, 1.82) is 0 Å². The molecule has 0 saturated heterocycles. The molecule has 0 fully saturated rings. The van der Waals surface area contributed by atoms with E-state index in [0.29, 0.717) is 0 Å². The summed E-state index contributed by atoms with van der Waals surface area (Å²) in [5.74, 6) is -0.284. The number of esters is 1. The first-order chi connectivity index (χ1) is 8.76. The Bertz CT molecular complexity index is 631. The topological polar surface area (TPSA) is 44.1 Å². The van der Waals surface area contributed by atoms with Crippen LogP contribution in [0, 0.1) is 3.70 Å². The maximum Gasteiger partial charge on any atom is 0.328 e. The van der Waals surface area contributed by atoms with Gasteiger partial charge in [-0.25, -0.2) is 0 Å². The molecule has 19 heavy (non-hydrogen) atoms. The summed E-state index contributed by atoms with van der Waals surface area (Å²) in [5, 5.41) is 5.42. The van der Waals surface area contributed by atoms with E-state index in [1.165, 1.54) is 0 Å². The second-order valence-electron chi connectivity index (χ2n) is 5.20. The van der Waals surface area contributed by atoms with E-state index in [0.717, 1.165) is 19.1 Å². The van der Waals surface area contributed by atoms with Gasteiger partial charge in [0.15, 0.2) is 0 Å². The molecule has 4 nitrogen and oxygen atoms in total. The number of benzene rings is 1. The summed E-state index contributed by atoms with van der Waals surface area (Å²) in [6, 6.07) is 5.90. The van der Waals surface area contributed by atoms with Crippen molar-refractivity contribution in [2.45, 2.75) is 32.9 Å². The van der Waals surface area contributed by atoms with E-state index in [-0.39, 0.29) is 12.5 Å². The van der Waals surface area contributed by atoms with Crippen LogP contribution in [-0.2, 0) is 16.1 Å². The summed E-state index contributed by atoms with van der Waals surface area (Å²) in [7, 11) is 0. The monoisotopic (exact) mass is 436 g/mol. The molecule has 0 saturated carbocycles. The van der Waals surface area contributed by atoms with Gasteiger partial charge in [-0.2, -0.15) is 5.10 Å². The molecule has 1 aromatic heterocycles. The van der Waals surface area contributed by atoms with E-state index >= 15 is 0 Å². The Morgan fingerprint density at radius 1 is 1.47 bits per heavy atom. The molecule has 0 bridgehead atoms. The van der Waals surface area contributed by atoms with Gasteiger partial charge in [0.2, 0.25) is 0 Å². The van der Waals surface area contributed by atoms with Crippen molar-refractivity contribution in [2.75, 3.05) is 0 Å². The van der Waals surface area contributed by atoms with E-state index < -0.39 is 5.60 Å². The van der Waals surface area contributed by atoms with Crippen LogP contribution in [0.4, 0.5) is 0 Å². The molecule has 0 unspecified atom stereocenters. The third-order valence-corrected chi connectivity index (χ3v) is 3.66. The number of carbonyl (C=O) groups excluding carboxylic acids is 1. The van der Waals surface area contributed by atoms with Gasteiger partial charge in [-0.15, -0.1) is 0 Å². The highest BCUT2D eigenvalue weighted by Crippen LogP contribution is 2.24. The van der Waals surface area contributed by atoms with Gasteiger partial charge in [0.05, 0.1) is 5.52 Å². The van der Waals surface area contributed by atoms with Crippen molar-refractivity contribution in [3.05, 3.63) is 26.4 Å². The first-order valence-corrected chi connectivity index (χ1v) is 7.67. The van der Waals surface area contributed by atoms with E-state index in [2.05, 4.69) is 43.6 Å². The van der Waals surface area contributed by atoms with Gasteiger partial charge in [0, 0.05) is 9.86 Å². The largest absolute Gasteiger partial charge is 0.459 e. The van der Waals surface area contributed by atoms with Crippen LogP contribution in [0.15, 0.2) is 22.7 Å². The first-order valence-electron chi connectivity index (χ1n) is 5.80. The molecule has 0 radical (unpaired) electrons. The van der Waals surface area contributed by atoms with Crippen molar-refractivity contribution in [3.63, 3.8) is 0 Å². The average Bonchev–Trinajstić information content (AvgIpc) is 2.52. The number of hydrogen-bond acceptors (Lipinski definition) is 3. The van der Waals surface area contributed by atoms with Gasteiger partial charge in [-0.05, 0) is 61.6 Å². The smallest absolute Gasteiger partial charge is 0.328 e. The van der Waals surface area contributed by atoms with Crippen molar-refractivity contribution >= 4 is 55.4 Å². The Morgan fingerprint density at radius 2 is 2.16 bits per heavy atom. The van der Waals surface area contributed by atoms with E-state index in [1.54, 1.807) is 4.68 Å². The minimum atomic E-state index is -0.478. The normalized spacial score (nSPS) is 11.8. The van der Waals surface area contributed by atoms with E-state index in [1.807, 2.05) is 39.0 Å². The zero-order chi connectivity index (χ0) is 14.2. The van der Waals surface area contributed by atoms with Crippen molar-refractivity contribution in [1.82, 2.24) is 9.78 Å². The summed E-state index contributed by atoms with van der Waals surface area (Å²) in [4.78, 5) is 11.9. The Hall–Kier alpha value is -0.630. The van der Waals surface area contributed by atoms with Crippen LogP contribution in [0.5, 0.6) is 0 Å². The summed E-state index contributed by atoms with van der Waals surface area (Å²) in [6.07, 6.45) is 0. The molecule has 0 spiro atoms. The molecule has 0 aliphatic heterocycles. The lowest BCUT2D eigenvalue weighted by Gasteiger charge is -2.19. The predicted molar refractivity (Wildman–Crippen MR) is 86.0 cm³/mol.